The Morgan fingerprint density at radius 2 is 2.00 bits per heavy atom. The highest BCUT2D eigenvalue weighted by Crippen LogP contribution is 2.43. The molecule has 2 bridgehead atoms. The average molecular weight is 389 g/mol. The highest BCUT2D eigenvalue weighted by atomic mass is 16.2. The van der Waals surface area contributed by atoms with Gasteiger partial charge in [-0.2, -0.15) is 5.10 Å². The van der Waals surface area contributed by atoms with Crippen LogP contribution in [0.3, 0.4) is 0 Å². The second-order valence-corrected chi connectivity index (χ2v) is 8.77. The van der Waals surface area contributed by atoms with Crippen molar-refractivity contribution in [3.63, 3.8) is 0 Å². The maximum atomic E-state index is 13.7. The Bertz CT molecular complexity index is 1090. The molecule has 0 aliphatic heterocycles. The van der Waals surface area contributed by atoms with Gasteiger partial charge in [0.15, 0.2) is 0 Å². The van der Waals surface area contributed by atoms with Crippen LogP contribution >= 0.6 is 0 Å². The summed E-state index contributed by atoms with van der Waals surface area (Å²) in [5, 5.41) is 5.72. The third-order valence-corrected chi connectivity index (χ3v) is 6.85. The van der Waals surface area contributed by atoms with Gasteiger partial charge in [-0.3, -0.25) is 9.48 Å². The van der Waals surface area contributed by atoms with Gasteiger partial charge < -0.3 is 9.47 Å². The van der Waals surface area contributed by atoms with Gasteiger partial charge >= 0.3 is 0 Å². The molecule has 5 rings (SSSR count). The molecule has 150 valence electrons. The van der Waals surface area contributed by atoms with Crippen molar-refractivity contribution >= 4 is 16.8 Å². The van der Waals surface area contributed by atoms with Gasteiger partial charge in [-0.15, -0.1) is 0 Å². The number of para-hydroxylation sites is 1. The molecule has 5 nitrogen and oxygen atoms in total. The van der Waals surface area contributed by atoms with E-state index in [9.17, 15) is 4.79 Å². The van der Waals surface area contributed by atoms with E-state index in [2.05, 4.69) is 35.4 Å². The lowest BCUT2D eigenvalue weighted by molar-refractivity contribution is 0.0693. The molecular weight excluding hydrogens is 360 g/mol. The lowest BCUT2D eigenvalue weighted by Crippen LogP contribution is -2.37. The Morgan fingerprint density at radius 3 is 2.66 bits per heavy atom. The summed E-state index contributed by atoms with van der Waals surface area (Å²) in [6.45, 7) is 3.40. The van der Waals surface area contributed by atoms with E-state index in [1.54, 1.807) is 0 Å². The van der Waals surface area contributed by atoms with Gasteiger partial charge in [-0.1, -0.05) is 30.4 Å². The van der Waals surface area contributed by atoms with Crippen molar-refractivity contribution in [1.82, 2.24) is 19.2 Å². The summed E-state index contributed by atoms with van der Waals surface area (Å²) in [6.07, 6.45) is 7.17. The Hall–Kier alpha value is -2.82. The third-order valence-electron chi connectivity index (χ3n) is 6.85. The smallest absolute Gasteiger partial charge is 0.270 e. The van der Waals surface area contributed by atoms with Crippen molar-refractivity contribution in [3.8, 4) is 0 Å². The van der Waals surface area contributed by atoms with Crippen molar-refractivity contribution in [2.75, 3.05) is 6.54 Å². The van der Waals surface area contributed by atoms with Crippen LogP contribution in [0.4, 0.5) is 0 Å². The minimum absolute atomic E-state index is 0.0961. The summed E-state index contributed by atoms with van der Waals surface area (Å²) < 4.78 is 3.91. The molecule has 0 spiro atoms. The fourth-order valence-corrected chi connectivity index (χ4v) is 5.17. The van der Waals surface area contributed by atoms with Crippen LogP contribution < -0.4 is 0 Å². The summed E-state index contributed by atoms with van der Waals surface area (Å²) in [5.41, 5.74) is 3.90. The van der Waals surface area contributed by atoms with Gasteiger partial charge in [0.2, 0.25) is 0 Å². The van der Waals surface area contributed by atoms with Gasteiger partial charge in [-0.25, -0.2) is 0 Å². The molecule has 0 unspecified atom stereocenters. The highest BCUT2D eigenvalue weighted by Gasteiger charge is 2.37. The second-order valence-electron chi connectivity index (χ2n) is 8.77. The summed E-state index contributed by atoms with van der Waals surface area (Å²) in [6, 6.07) is 12.3. The minimum atomic E-state index is 0.0961. The van der Waals surface area contributed by atoms with Gasteiger partial charge in [-0.05, 0) is 55.7 Å². The van der Waals surface area contributed by atoms with Crippen LogP contribution in [0, 0.1) is 24.7 Å². The van der Waals surface area contributed by atoms with Crippen molar-refractivity contribution in [1.29, 1.82) is 0 Å². The number of carbonyl (C=O) groups is 1. The van der Waals surface area contributed by atoms with Gasteiger partial charge in [0.1, 0.15) is 5.69 Å². The quantitative estimate of drug-likeness (QED) is 0.618. The minimum Gasteiger partial charge on any atom is -0.340 e. The van der Waals surface area contributed by atoms with Gasteiger partial charge in [0.05, 0.1) is 12.2 Å². The van der Waals surface area contributed by atoms with Crippen molar-refractivity contribution in [3.05, 3.63) is 65.6 Å². The maximum Gasteiger partial charge on any atom is 0.270 e. The summed E-state index contributed by atoms with van der Waals surface area (Å²) in [7, 11) is 3.94. The molecule has 1 aromatic carbocycles. The molecular formula is C24H28N4O. The predicted octanol–water partition coefficient (Wildman–Crippen LogP) is 4.07. The number of hydrogen-bond acceptors (Lipinski definition) is 2. The first-order chi connectivity index (χ1) is 14.0. The molecule has 1 saturated carbocycles. The lowest BCUT2D eigenvalue weighted by Gasteiger charge is -2.28. The molecule has 0 saturated heterocycles. The molecule has 3 atom stereocenters. The van der Waals surface area contributed by atoms with Crippen molar-refractivity contribution in [2.24, 2.45) is 31.8 Å². The standard InChI is InChI=1S/C24H28N4O/c1-16-10-21(25-27(16)3)15-28(14-20-12-17-8-9-18(20)11-17)24(29)23-13-19-6-4-5-7-22(19)26(23)2/h4-10,13,17-18,20H,11-12,14-15H2,1-3H3/t17-,18-,20-/m0/s1. The maximum absolute atomic E-state index is 13.7. The van der Waals surface area contributed by atoms with E-state index in [1.807, 2.05) is 53.4 Å². The predicted molar refractivity (Wildman–Crippen MR) is 114 cm³/mol. The fraction of sp³-hybridized carbons (Fsp3) is 0.417. The molecule has 0 radical (unpaired) electrons. The van der Waals surface area contributed by atoms with E-state index < -0.39 is 0 Å². The van der Waals surface area contributed by atoms with Gasteiger partial charge in [0, 0.05) is 37.2 Å². The first-order valence-electron chi connectivity index (χ1n) is 10.5. The van der Waals surface area contributed by atoms with E-state index in [4.69, 9.17) is 0 Å². The van der Waals surface area contributed by atoms with Crippen molar-refractivity contribution < 1.29 is 4.79 Å². The van der Waals surface area contributed by atoms with E-state index in [1.165, 1.54) is 12.8 Å². The molecule has 2 aromatic heterocycles. The molecule has 2 heterocycles. The van der Waals surface area contributed by atoms with Gasteiger partial charge in [0.25, 0.3) is 5.91 Å². The van der Waals surface area contributed by atoms with Crippen LogP contribution in [-0.4, -0.2) is 31.7 Å². The highest BCUT2D eigenvalue weighted by molar-refractivity contribution is 5.98. The van der Waals surface area contributed by atoms with Crippen LogP contribution in [-0.2, 0) is 20.6 Å². The molecule has 0 N–H and O–H groups in total. The summed E-state index contributed by atoms with van der Waals surface area (Å²) in [4.78, 5) is 15.7. The Kier molecular flexibility index (Phi) is 4.34. The van der Waals surface area contributed by atoms with Crippen molar-refractivity contribution in [2.45, 2.75) is 26.3 Å². The van der Waals surface area contributed by atoms with Crippen LogP contribution in [0.15, 0.2) is 48.6 Å². The number of benzene rings is 1. The first kappa shape index (κ1) is 18.2. The topological polar surface area (TPSA) is 43.1 Å². The molecule has 1 fully saturated rings. The molecule has 3 aromatic rings. The Balaban J connectivity index is 1.46. The third kappa shape index (κ3) is 3.18. The van der Waals surface area contributed by atoms with E-state index in [0.29, 0.717) is 24.3 Å². The Labute approximate surface area is 171 Å². The van der Waals surface area contributed by atoms with E-state index >= 15 is 0 Å². The number of allylic oxidation sites excluding steroid dienone is 2. The summed E-state index contributed by atoms with van der Waals surface area (Å²) in [5.74, 6) is 1.97. The normalized spacial score (nSPS) is 22.7. The van der Waals surface area contributed by atoms with E-state index in [0.717, 1.165) is 34.5 Å². The zero-order valence-electron chi connectivity index (χ0n) is 17.4. The number of aromatic nitrogens is 3. The number of rotatable bonds is 5. The average Bonchev–Trinajstić information content (AvgIpc) is 3.47. The molecule has 2 aliphatic carbocycles. The van der Waals surface area contributed by atoms with Crippen LogP contribution in [0.2, 0.25) is 0 Å². The first-order valence-corrected chi connectivity index (χ1v) is 10.5. The van der Waals surface area contributed by atoms with Crippen LogP contribution in [0.25, 0.3) is 10.9 Å². The largest absolute Gasteiger partial charge is 0.340 e. The fourth-order valence-electron chi connectivity index (χ4n) is 5.17. The number of aryl methyl sites for hydroxylation is 3. The zero-order valence-corrected chi connectivity index (χ0v) is 17.4. The SMILES string of the molecule is Cc1cc(CN(C[C@@H]2C[C@H]3C=C[C@H]2C3)C(=O)c2cc3ccccc3n2C)nn1C. The molecule has 5 heteroatoms. The molecule has 2 aliphatic rings. The van der Waals surface area contributed by atoms with Crippen LogP contribution in [0.5, 0.6) is 0 Å². The molecule has 29 heavy (non-hydrogen) atoms. The van der Waals surface area contributed by atoms with E-state index in [-0.39, 0.29) is 5.91 Å². The number of hydrogen-bond donors (Lipinski definition) is 0. The monoisotopic (exact) mass is 388 g/mol. The number of nitrogens with zero attached hydrogens (tertiary/aromatic N) is 4. The number of carbonyl (C=O) groups excluding carboxylic acids is 1. The summed E-state index contributed by atoms with van der Waals surface area (Å²) >= 11 is 0. The number of amides is 1. The number of fused-ring (bicyclic) bond motifs is 3. The lowest BCUT2D eigenvalue weighted by atomic mass is 9.93. The Morgan fingerprint density at radius 1 is 1.17 bits per heavy atom. The zero-order chi connectivity index (χ0) is 20.1. The second kappa shape index (κ2) is 6.90. The molecule has 1 amide bonds. The van der Waals surface area contributed by atoms with Crippen LogP contribution in [0.1, 0.15) is 34.7 Å².